The van der Waals surface area contributed by atoms with Crippen LogP contribution in [0.3, 0.4) is 0 Å². The minimum Gasteiger partial charge on any atom is -0.374 e. The average Bonchev–Trinajstić information content (AvgIpc) is 2.89. The van der Waals surface area contributed by atoms with Crippen LogP contribution in [-0.2, 0) is 11.2 Å². The lowest BCUT2D eigenvalue weighted by Gasteiger charge is -2.40. The average molecular weight is 309 g/mol. The summed E-state index contributed by atoms with van der Waals surface area (Å²) in [7, 11) is 0. The molecular formula is C17H19N5O. The molecule has 4 rings (SSSR count). The molecule has 0 unspecified atom stereocenters. The summed E-state index contributed by atoms with van der Waals surface area (Å²) in [6, 6.07) is 10.1. The zero-order valence-corrected chi connectivity index (χ0v) is 13.1. The number of fused-ring (bicyclic) bond motifs is 1. The molecule has 3 aromatic rings. The van der Waals surface area contributed by atoms with Crippen LogP contribution in [0.4, 0.5) is 5.69 Å². The van der Waals surface area contributed by atoms with Crippen molar-refractivity contribution in [1.29, 1.82) is 0 Å². The summed E-state index contributed by atoms with van der Waals surface area (Å²) >= 11 is 0. The zero-order valence-electron chi connectivity index (χ0n) is 13.1. The highest BCUT2D eigenvalue weighted by atomic mass is 16.5. The van der Waals surface area contributed by atoms with Gasteiger partial charge in [-0.3, -0.25) is 4.98 Å². The third kappa shape index (κ3) is 3.03. The van der Waals surface area contributed by atoms with E-state index in [9.17, 15) is 0 Å². The Bertz CT molecular complexity index is 795. The van der Waals surface area contributed by atoms with Gasteiger partial charge in [-0.2, -0.15) is 5.10 Å². The van der Waals surface area contributed by atoms with Crippen LogP contribution in [0, 0.1) is 6.92 Å². The van der Waals surface area contributed by atoms with Gasteiger partial charge in [-0.25, -0.2) is 9.50 Å². The van der Waals surface area contributed by atoms with Crippen LogP contribution in [0.5, 0.6) is 0 Å². The van der Waals surface area contributed by atoms with Crippen LogP contribution in [0.15, 0.2) is 42.7 Å². The summed E-state index contributed by atoms with van der Waals surface area (Å²) in [5, 5.41) is 4.36. The van der Waals surface area contributed by atoms with Crippen LogP contribution in [0.2, 0.25) is 0 Å². The van der Waals surface area contributed by atoms with Gasteiger partial charge in [0.15, 0.2) is 5.65 Å². The van der Waals surface area contributed by atoms with E-state index in [-0.39, 0.29) is 0 Å². The lowest BCUT2D eigenvalue weighted by atomic mass is 10.1. The predicted octanol–water partition coefficient (Wildman–Crippen LogP) is 1.88. The molecule has 0 aromatic carbocycles. The molecule has 1 saturated heterocycles. The summed E-state index contributed by atoms with van der Waals surface area (Å²) in [6.07, 6.45) is 5.01. The number of rotatable bonds is 5. The van der Waals surface area contributed by atoms with Crippen molar-refractivity contribution in [3.63, 3.8) is 0 Å². The fraction of sp³-hybridized carbons (Fsp3) is 0.353. The van der Waals surface area contributed by atoms with Gasteiger partial charge < -0.3 is 9.64 Å². The SMILES string of the molecule is Cc1nc2ccc(N3CC(OCCc4ccccn4)C3)cn2n1. The first-order valence-electron chi connectivity index (χ1n) is 7.87. The fourth-order valence-corrected chi connectivity index (χ4v) is 2.80. The van der Waals surface area contributed by atoms with E-state index in [2.05, 4.69) is 26.0 Å². The van der Waals surface area contributed by atoms with Gasteiger partial charge in [0.05, 0.1) is 24.6 Å². The van der Waals surface area contributed by atoms with Crippen LogP contribution >= 0.6 is 0 Å². The molecule has 1 aliphatic heterocycles. The van der Waals surface area contributed by atoms with Crippen molar-refractivity contribution < 1.29 is 4.74 Å². The molecule has 0 radical (unpaired) electrons. The highest BCUT2D eigenvalue weighted by Crippen LogP contribution is 2.22. The minimum atomic E-state index is 0.298. The van der Waals surface area contributed by atoms with Crippen molar-refractivity contribution in [3.8, 4) is 0 Å². The molecule has 0 atom stereocenters. The molecule has 3 aromatic heterocycles. The van der Waals surface area contributed by atoms with Crippen molar-refractivity contribution in [2.45, 2.75) is 19.4 Å². The maximum atomic E-state index is 5.91. The maximum Gasteiger partial charge on any atom is 0.155 e. The van der Waals surface area contributed by atoms with Gasteiger partial charge in [0.2, 0.25) is 0 Å². The van der Waals surface area contributed by atoms with Crippen LogP contribution in [-0.4, -0.2) is 45.4 Å². The molecule has 6 heteroatoms. The van der Waals surface area contributed by atoms with Crippen LogP contribution < -0.4 is 4.90 Å². The summed E-state index contributed by atoms with van der Waals surface area (Å²) in [5.74, 6) is 0.793. The first kappa shape index (κ1) is 14.1. The molecule has 1 aliphatic rings. The summed E-state index contributed by atoms with van der Waals surface area (Å²) < 4.78 is 7.74. The standard InChI is InChI=1S/C17H19N5O/c1-13-19-17-6-5-15(10-22(17)20-13)21-11-16(12-21)23-9-7-14-4-2-3-8-18-14/h2-6,8,10,16H,7,9,11-12H2,1H3. The molecule has 1 fully saturated rings. The topological polar surface area (TPSA) is 55.5 Å². The smallest absolute Gasteiger partial charge is 0.155 e. The lowest BCUT2D eigenvalue weighted by molar-refractivity contribution is 0.0359. The summed E-state index contributed by atoms with van der Waals surface area (Å²) in [6.45, 7) is 4.46. The van der Waals surface area contributed by atoms with Gasteiger partial charge in [-0.1, -0.05) is 6.07 Å². The Kier molecular flexibility index (Phi) is 3.67. The van der Waals surface area contributed by atoms with Gasteiger partial charge in [-0.15, -0.1) is 0 Å². The molecule has 0 amide bonds. The number of aryl methyl sites for hydroxylation is 1. The quantitative estimate of drug-likeness (QED) is 0.720. The van der Waals surface area contributed by atoms with E-state index in [0.29, 0.717) is 6.10 Å². The summed E-state index contributed by atoms with van der Waals surface area (Å²) in [4.78, 5) is 10.9. The second-order valence-corrected chi connectivity index (χ2v) is 5.82. The van der Waals surface area contributed by atoms with Crippen LogP contribution in [0.25, 0.3) is 5.65 Å². The van der Waals surface area contributed by atoms with Gasteiger partial charge in [0.1, 0.15) is 5.82 Å². The van der Waals surface area contributed by atoms with Gasteiger partial charge in [0.25, 0.3) is 0 Å². The monoisotopic (exact) mass is 309 g/mol. The Morgan fingerprint density at radius 3 is 2.96 bits per heavy atom. The molecule has 0 N–H and O–H groups in total. The number of hydrogen-bond donors (Lipinski definition) is 0. The highest BCUT2D eigenvalue weighted by Gasteiger charge is 2.27. The third-order valence-electron chi connectivity index (χ3n) is 4.07. The second kappa shape index (κ2) is 5.96. The Morgan fingerprint density at radius 2 is 2.13 bits per heavy atom. The summed E-state index contributed by atoms with van der Waals surface area (Å²) in [5.41, 5.74) is 3.12. The Morgan fingerprint density at radius 1 is 1.22 bits per heavy atom. The van der Waals surface area contributed by atoms with Crippen LogP contribution in [0.1, 0.15) is 11.5 Å². The van der Waals surface area contributed by atoms with Crippen molar-refractivity contribution in [1.82, 2.24) is 19.6 Å². The first-order valence-corrected chi connectivity index (χ1v) is 7.87. The van der Waals surface area contributed by atoms with Crippen molar-refractivity contribution in [2.75, 3.05) is 24.6 Å². The van der Waals surface area contributed by atoms with Gasteiger partial charge in [0, 0.05) is 31.4 Å². The Hall–Kier alpha value is -2.47. The maximum absolute atomic E-state index is 5.91. The molecule has 0 spiro atoms. The van der Waals surface area contributed by atoms with E-state index in [1.54, 1.807) is 0 Å². The molecule has 0 aliphatic carbocycles. The highest BCUT2D eigenvalue weighted by molar-refractivity contribution is 5.53. The number of nitrogens with zero attached hydrogens (tertiary/aromatic N) is 5. The molecule has 0 bridgehead atoms. The molecule has 118 valence electrons. The van der Waals surface area contributed by atoms with Gasteiger partial charge in [-0.05, 0) is 31.2 Å². The third-order valence-corrected chi connectivity index (χ3v) is 4.07. The number of hydrogen-bond acceptors (Lipinski definition) is 5. The van der Waals surface area contributed by atoms with E-state index < -0.39 is 0 Å². The molecule has 0 saturated carbocycles. The normalized spacial score (nSPS) is 15.1. The molecular weight excluding hydrogens is 290 g/mol. The largest absolute Gasteiger partial charge is 0.374 e. The van der Waals surface area contributed by atoms with E-state index in [4.69, 9.17) is 4.74 Å². The van der Waals surface area contributed by atoms with Crippen molar-refractivity contribution in [3.05, 3.63) is 54.2 Å². The number of ether oxygens (including phenoxy) is 1. The van der Waals surface area contributed by atoms with E-state index >= 15 is 0 Å². The lowest BCUT2D eigenvalue weighted by Crippen LogP contribution is -2.52. The molecule has 23 heavy (non-hydrogen) atoms. The Labute approximate surface area is 134 Å². The number of pyridine rings is 2. The zero-order chi connectivity index (χ0) is 15.6. The first-order chi connectivity index (χ1) is 11.3. The minimum absolute atomic E-state index is 0.298. The predicted molar refractivity (Wildman–Crippen MR) is 87.6 cm³/mol. The van der Waals surface area contributed by atoms with Crippen molar-refractivity contribution in [2.24, 2.45) is 0 Å². The number of anilines is 1. The second-order valence-electron chi connectivity index (χ2n) is 5.82. The molecule has 6 nitrogen and oxygen atoms in total. The molecule has 4 heterocycles. The fourth-order valence-electron chi connectivity index (χ4n) is 2.80. The van der Waals surface area contributed by atoms with E-state index in [1.165, 1.54) is 0 Å². The van der Waals surface area contributed by atoms with Crippen molar-refractivity contribution >= 4 is 11.3 Å². The van der Waals surface area contributed by atoms with E-state index in [1.807, 2.05) is 48.1 Å². The van der Waals surface area contributed by atoms with E-state index in [0.717, 1.165) is 49.0 Å². The van der Waals surface area contributed by atoms with Gasteiger partial charge >= 0.3 is 0 Å². The Balaban J connectivity index is 1.28. The number of aromatic nitrogens is 4.